The largest absolute Gasteiger partial charge is 0.392 e. The van der Waals surface area contributed by atoms with Crippen LogP contribution in [0.4, 0.5) is 4.79 Å². The van der Waals surface area contributed by atoms with Gasteiger partial charge in [0.25, 0.3) is 0 Å². The summed E-state index contributed by atoms with van der Waals surface area (Å²) < 4.78 is 0. The Labute approximate surface area is 105 Å². The molecule has 1 rings (SSSR count). The molecular formula is C12H16N2O4. The van der Waals surface area contributed by atoms with Crippen LogP contribution in [0.25, 0.3) is 0 Å². The molecule has 1 aliphatic heterocycles. The van der Waals surface area contributed by atoms with E-state index in [2.05, 4.69) is 17.2 Å². The molecule has 1 fully saturated rings. The summed E-state index contributed by atoms with van der Waals surface area (Å²) in [6.45, 7) is 5.06. The van der Waals surface area contributed by atoms with Gasteiger partial charge in [0.05, 0.1) is 6.61 Å². The third kappa shape index (κ3) is 2.65. The topological polar surface area (TPSA) is 95.5 Å². The van der Waals surface area contributed by atoms with E-state index in [1.165, 1.54) is 6.08 Å². The van der Waals surface area contributed by atoms with Crippen molar-refractivity contribution in [2.45, 2.75) is 19.8 Å². The van der Waals surface area contributed by atoms with Crippen LogP contribution in [0.15, 0.2) is 24.3 Å². The van der Waals surface area contributed by atoms with Crippen molar-refractivity contribution in [1.82, 2.24) is 10.6 Å². The van der Waals surface area contributed by atoms with Gasteiger partial charge in [-0.05, 0) is 19.8 Å². The van der Waals surface area contributed by atoms with Gasteiger partial charge in [-0.3, -0.25) is 20.2 Å². The lowest BCUT2D eigenvalue weighted by molar-refractivity contribution is -0.144. The normalized spacial score (nSPS) is 19.2. The van der Waals surface area contributed by atoms with Crippen molar-refractivity contribution in [2.75, 3.05) is 6.61 Å². The van der Waals surface area contributed by atoms with Gasteiger partial charge in [-0.2, -0.15) is 0 Å². The van der Waals surface area contributed by atoms with Crippen LogP contribution in [-0.4, -0.2) is 29.6 Å². The van der Waals surface area contributed by atoms with Gasteiger partial charge in [-0.1, -0.05) is 17.7 Å². The molecule has 0 unspecified atom stereocenters. The maximum absolute atomic E-state index is 11.9. The number of hydrogen-bond donors (Lipinski definition) is 3. The van der Waals surface area contributed by atoms with Crippen molar-refractivity contribution in [3.63, 3.8) is 0 Å². The van der Waals surface area contributed by atoms with Crippen LogP contribution in [0.3, 0.4) is 0 Å². The number of amides is 4. The first-order valence-corrected chi connectivity index (χ1v) is 5.50. The minimum atomic E-state index is -1.37. The van der Waals surface area contributed by atoms with Crippen molar-refractivity contribution < 1.29 is 19.5 Å². The highest BCUT2D eigenvalue weighted by Crippen LogP contribution is 2.31. The van der Waals surface area contributed by atoms with Crippen LogP contribution in [0, 0.1) is 5.41 Å². The zero-order valence-electron chi connectivity index (χ0n) is 10.2. The van der Waals surface area contributed by atoms with E-state index in [1.807, 2.05) is 0 Å². The first-order chi connectivity index (χ1) is 8.46. The summed E-state index contributed by atoms with van der Waals surface area (Å²) in [7, 11) is 0. The average molecular weight is 252 g/mol. The van der Waals surface area contributed by atoms with E-state index < -0.39 is 23.3 Å². The summed E-state index contributed by atoms with van der Waals surface area (Å²) in [5.41, 5.74) is -0.720. The maximum atomic E-state index is 11.9. The fourth-order valence-electron chi connectivity index (χ4n) is 1.69. The third-order valence-electron chi connectivity index (χ3n) is 2.86. The molecule has 1 aliphatic rings. The van der Waals surface area contributed by atoms with Crippen molar-refractivity contribution in [3.05, 3.63) is 24.3 Å². The van der Waals surface area contributed by atoms with E-state index in [0.29, 0.717) is 5.57 Å². The molecule has 0 atom stereocenters. The zero-order valence-corrected chi connectivity index (χ0v) is 10.2. The van der Waals surface area contributed by atoms with Gasteiger partial charge in [-0.25, -0.2) is 4.79 Å². The standard InChI is InChI=1S/C12H16N2O4/c1-3-5-12(6-4-8(2)7-15)9(16)13-11(18)14-10(12)17/h3-4,15H,1,5-7H2,2H3,(H2,13,14,16,17,18). The summed E-state index contributed by atoms with van der Waals surface area (Å²) in [6.07, 6.45) is 3.29. The van der Waals surface area contributed by atoms with Crippen LogP contribution in [-0.2, 0) is 9.59 Å². The highest BCUT2D eigenvalue weighted by molar-refractivity contribution is 6.19. The number of rotatable bonds is 5. The van der Waals surface area contributed by atoms with Crippen LogP contribution < -0.4 is 10.6 Å². The average Bonchev–Trinajstić information content (AvgIpc) is 2.31. The van der Waals surface area contributed by atoms with Crippen molar-refractivity contribution in [2.24, 2.45) is 5.41 Å². The number of carbonyl (C=O) groups excluding carboxylic acids is 3. The van der Waals surface area contributed by atoms with Gasteiger partial charge in [0.15, 0.2) is 0 Å². The molecule has 1 heterocycles. The van der Waals surface area contributed by atoms with Gasteiger partial charge >= 0.3 is 6.03 Å². The number of carbonyl (C=O) groups is 3. The summed E-state index contributed by atoms with van der Waals surface area (Å²) in [5.74, 6) is -1.28. The summed E-state index contributed by atoms with van der Waals surface area (Å²) in [6, 6.07) is -0.812. The molecule has 6 heteroatoms. The van der Waals surface area contributed by atoms with E-state index in [1.54, 1.807) is 13.0 Å². The molecular weight excluding hydrogens is 236 g/mol. The Balaban J connectivity index is 3.05. The Hall–Kier alpha value is -1.95. The monoisotopic (exact) mass is 252 g/mol. The zero-order chi connectivity index (χ0) is 13.8. The lowest BCUT2D eigenvalue weighted by atomic mass is 9.77. The minimum absolute atomic E-state index is 0.107. The molecule has 0 aromatic carbocycles. The van der Waals surface area contributed by atoms with E-state index in [-0.39, 0.29) is 19.4 Å². The number of allylic oxidation sites excluding steroid dienone is 2. The first kappa shape index (κ1) is 14.1. The molecule has 0 aliphatic carbocycles. The van der Waals surface area contributed by atoms with Gasteiger partial charge in [-0.15, -0.1) is 6.58 Å². The predicted molar refractivity (Wildman–Crippen MR) is 64.4 cm³/mol. The predicted octanol–water partition coefficient (Wildman–Crippen LogP) is 0.244. The number of urea groups is 1. The van der Waals surface area contributed by atoms with Crippen LogP contribution in [0.2, 0.25) is 0 Å². The molecule has 0 aromatic heterocycles. The van der Waals surface area contributed by atoms with Crippen molar-refractivity contribution in [3.8, 4) is 0 Å². The second kappa shape index (κ2) is 5.59. The van der Waals surface area contributed by atoms with E-state index >= 15 is 0 Å². The number of barbiturate groups is 1. The molecule has 0 spiro atoms. The Bertz CT molecular complexity index is 406. The number of imide groups is 2. The summed E-state index contributed by atoms with van der Waals surface area (Å²) in [5, 5.41) is 13.1. The summed E-state index contributed by atoms with van der Waals surface area (Å²) >= 11 is 0. The molecule has 98 valence electrons. The Kier molecular flexibility index (Phi) is 4.38. The smallest absolute Gasteiger partial charge is 0.328 e. The van der Waals surface area contributed by atoms with Crippen LogP contribution in [0.1, 0.15) is 19.8 Å². The lowest BCUT2D eigenvalue weighted by Gasteiger charge is -2.32. The van der Waals surface area contributed by atoms with Gasteiger partial charge in [0.2, 0.25) is 11.8 Å². The maximum Gasteiger partial charge on any atom is 0.328 e. The van der Waals surface area contributed by atoms with Crippen LogP contribution >= 0.6 is 0 Å². The fourth-order valence-corrected chi connectivity index (χ4v) is 1.69. The van der Waals surface area contributed by atoms with E-state index in [4.69, 9.17) is 5.11 Å². The number of nitrogens with one attached hydrogen (secondary N) is 2. The highest BCUT2D eigenvalue weighted by atomic mass is 16.3. The quantitative estimate of drug-likeness (QED) is 0.482. The SMILES string of the molecule is C=CCC1(CC=C(C)CO)C(=O)NC(=O)NC1=O. The molecule has 18 heavy (non-hydrogen) atoms. The molecule has 0 radical (unpaired) electrons. The number of aliphatic hydroxyl groups is 1. The van der Waals surface area contributed by atoms with Gasteiger partial charge in [0, 0.05) is 0 Å². The van der Waals surface area contributed by atoms with E-state index in [0.717, 1.165) is 0 Å². The van der Waals surface area contributed by atoms with E-state index in [9.17, 15) is 14.4 Å². The molecule has 4 amide bonds. The Morgan fingerprint density at radius 3 is 2.28 bits per heavy atom. The highest BCUT2D eigenvalue weighted by Gasteiger charge is 2.48. The molecule has 0 saturated carbocycles. The minimum Gasteiger partial charge on any atom is -0.392 e. The number of hydrogen-bond acceptors (Lipinski definition) is 4. The number of aliphatic hydroxyl groups excluding tert-OH is 1. The van der Waals surface area contributed by atoms with Crippen molar-refractivity contribution in [1.29, 1.82) is 0 Å². The fraction of sp³-hybridized carbons (Fsp3) is 0.417. The summed E-state index contributed by atoms with van der Waals surface area (Å²) in [4.78, 5) is 34.8. The lowest BCUT2D eigenvalue weighted by Crippen LogP contribution is -2.62. The molecule has 0 bridgehead atoms. The third-order valence-corrected chi connectivity index (χ3v) is 2.86. The van der Waals surface area contributed by atoms with Gasteiger partial charge in [0.1, 0.15) is 5.41 Å². The second-order valence-corrected chi connectivity index (χ2v) is 4.22. The first-order valence-electron chi connectivity index (χ1n) is 5.50. The second-order valence-electron chi connectivity index (χ2n) is 4.22. The molecule has 1 saturated heterocycles. The van der Waals surface area contributed by atoms with Crippen molar-refractivity contribution >= 4 is 17.8 Å². The molecule has 6 nitrogen and oxygen atoms in total. The molecule has 3 N–H and O–H groups in total. The Morgan fingerprint density at radius 1 is 1.28 bits per heavy atom. The molecule has 0 aromatic rings. The van der Waals surface area contributed by atoms with Crippen LogP contribution in [0.5, 0.6) is 0 Å². The van der Waals surface area contributed by atoms with Gasteiger partial charge < -0.3 is 5.11 Å². The Morgan fingerprint density at radius 2 is 1.83 bits per heavy atom.